The first-order chi connectivity index (χ1) is 14.0. The van der Waals surface area contributed by atoms with E-state index in [2.05, 4.69) is 16.4 Å². The number of carbonyl (C=O) groups excluding carboxylic acids is 1. The number of carbonyl (C=O) groups is 1. The first-order valence-corrected chi connectivity index (χ1v) is 10.4. The molecule has 6 heteroatoms. The van der Waals surface area contributed by atoms with E-state index in [1.165, 1.54) is 16.9 Å². The SMILES string of the molecule is COc1ccc(-c2nc(NC(=O)CCCOc3ccc(C)cc3)sc2C)cc1C. The normalized spacial score (nSPS) is 10.6. The predicted octanol–water partition coefficient (Wildman–Crippen LogP) is 5.54. The molecule has 0 radical (unpaired) electrons. The molecule has 1 N–H and O–H groups in total. The van der Waals surface area contributed by atoms with Gasteiger partial charge in [0.05, 0.1) is 19.4 Å². The molecule has 0 aliphatic rings. The number of aromatic nitrogens is 1. The Balaban J connectivity index is 1.52. The van der Waals surface area contributed by atoms with E-state index in [1.54, 1.807) is 7.11 Å². The lowest BCUT2D eigenvalue weighted by Crippen LogP contribution is -2.12. The largest absolute Gasteiger partial charge is 0.496 e. The molecule has 1 aromatic heterocycles. The molecular weight excluding hydrogens is 384 g/mol. The lowest BCUT2D eigenvalue weighted by Gasteiger charge is -2.07. The van der Waals surface area contributed by atoms with Crippen molar-refractivity contribution in [1.82, 2.24) is 4.98 Å². The van der Waals surface area contributed by atoms with Crippen LogP contribution in [0.2, 0.25) is 0 Å². The quantitative estimate of drug-likeness (QED) is 0.495. The Labute approximate surface area is 175 Å². The highest BCUT2D eigenvalue weighted by molar-refractivity contribution is 7.16. The molecule has 0 spiro atoms. The van der Waals surface area contributed by atoms with E-state index < -0.39 is 0 Å². The zero-order chi connectivity index (χ0) is 20.8. The van der Waals surface area contributed by atoms with E-state index in [1.807, 2.05) is 57.2 Å². The van der Waals surface area contributed by atoms with Gasteiger partial charge in [0.1, 0.15) is 11.5 Å². The van der Waals surface area contributed by atoms with Crippen LogP contribution in [0, 0.1) is 20.8 Å². The number of nitrogens with zero attached hydrogens (tertiary/aromatic N) is 1. The number of anilines is 1. The molecule has 0 aliphatic carbocycles. The number of rotatable bonds is 8. The highest BCUT2D eigenvalue weighted by Gasteiger charge is 2.13. The third-order valence-corrected chi connectivity index (χ3v) is 5.44. The van der Waals surface area contributed by atoms with Gasteiger partial charge in [0, 0.05) is 16.9 Å². The van der Waals surface area contributed by atoms with E-state index in [0.29, 0.717) is 24.6 Å². The molecule has 5 nitrogen and oxygen atoms in total. The highest BCUT2D eigenvalue weighted by atomic mass is 32.1. The number of aryl methyl sites for hydroxylation is 3. The number of hydrogen-bond donors (Lipinski definition) is 1. The molecule has 29 heavy (non-hydrogen) atoms. The fourth-order valence-corrected chi connectivity index (χ4v) is 3.83. The van der Waals surface area contributed by atoms with Gasteiger partial charge in [0.25, 0.3) is 0 Å². The molecule has 0 atom stereocenters. The van der Waals surface area contributed by atoms with Gasteiger partial charge in [0.15, 0.2) is 5.13 Å². The Morgan fingerprint density at radius 2 is 1.86 bits per heavy atom. The Hall–Kier alpha value is -2.86. The fraction of sp³-hybridized carbons (Fsp3) is 0.304. The van der Waals surface area contributed by atoms with Crippen LogP contribution in [0.5, 0.6) is 11.5 Å². The number of benzene rings is 2. The molecule has 2 aromatic carbocycles. The monoisotopic (exact) mass is 410 g/mol. The summed E-state index contributed by atoms with van der Waals surface area (Å²) in [6.45, 7) is 6.56. The predicted molar refractivity (Wildman–Crippen MR) is 118 cm³/mol. The molecule has 0 unspecified atom stereocenters. The standard InChI is InChI=1S/C23H26N2O3S/c1-15-7-10-19(11-8-15)28-13-5-6-21(26)24-23-25-22(17(3)29-23)18-9-12-20(27-4)16(2)14-18/h7-12,14H,5-6,13H2,1-4H3,(H,24,25,26). The van der Waals surface area contributed by atoms with Crippen LogP contribution in [-0.4, -0.2) is 24.6 Å². The summed E-state index contributed by atoms with van der Waals surface area (Å²) in [5.41, 5.74) is 4.15. The molecule has 0 saturated heterocycles. The van der Waals surface area contributed by atoms with E-state index in [-0.39, 0.29) is 5.91 Å². The lowest BCUT2D eigenvalue weighted by atomic mass is 10.1. The average Bonchev–Trinajstić information content (AvgIpc) is 3.06. The summed E-state index contributed by atoms with van der Waals surface area (Å²) in [7, 11) is 1.66. The summed E-state index contributed by atoms with van der Waals surface area (Å²) in [6.07, 6.45) is 1.04. The van der Waals surface area contributed by atoms with E-state index >= 15 is 0 Å². The van der Waals surface area contributed by atoms with Crippen LogP contribution in [0.15, 0.2) is 42.5 Å². The molecule has 0 fully saturated rings. The topological polar surface area (TPSA) is 60.5 Å². The van der Waals surface area contributed by atoms with Crippen molar-refractivity contribution in [2.24, 2.45) is 0 Å². The minimum atomic E-state index is -0.0521. The van der Waals surface area contributed by atoms with Crippen LogP contribution in [-0.2, 0) is 4.79 Å². The molecule has 1 amide bonds. The van der Waals surface area contributed by atoms with Crippen molar-refractivity contribution in [1.29, 1.82) is 0 Å². The Morgan fingerprint density at radius 3 is 2.55 bits per heavy atom. The Kier molecular flexibility index (Phi) is 6.88. The van der Waals surface area contributed by atoms with Gasteiger partial charge in [0.2, 0.25) is 5.91 Å². The zero-order valence-electron chi connectivity index (χ0n) is 17.2. The smallest absolute Gasteiger partial charge is 0.226 e. The van der Waals surface area contributed by atoms with Crippen LogP contribution < -0.4 is 14.8 Å². The first-order valence-electron chi connectivity index (χ1n) is 9.58. The van der Waals surface area contributed by atoms with Crippen LogP contribution in [0.1, 0.15) is 28.8 Å². The van der Waals surface area contributed by atoms with Gasteiger partial charge in [-0.1, -0.05) is 17.7 Å². The Bertz CT molecular complexity index is 980. The molecule has 3 aromatic rings. The highest BCUT2D eigenvalue weighted by Crippen LogP contribution is 2.32. The van der Waals surface area contributed by atoms with Gasteiger partial charge < -0.3 is 14.8 Å². The lowest BCUT2D eigenvalue weighted by molar-refractivity contribution is -0.116. The van der Waals surface area contributed by atoms with Gasteiger partial charge >= 0.3 is 0 Å². The van der Waals surface area contributed by atoms with Crippen molar-refractivity contribution in [3.63, 3.8) is 0 Å². The molecule has 0 aliphatic heterocycles. The van der Waals surface area contributed by atoms with E-state index in [9.17, 15) is 4.79 Å². The van der Waals surface area contributed by atoms with Crippen molar-refractivity contribution in [2.75, 3.05) is 19.0 Å². The number of ether oxygens (including phenoxy) is 2. The molecule has 152 valence electrons. The van der Waals surface area contributed by atoms with Crippen LogP contribution in [0.25, 0.3) is 11.3 Å². The third-order valence-electron chi connectivity index (χ3n) is 4.55. The minimum Gasteiger partial charge on any atom is -0.496 e. The fourth-order valence-electron chi connectivity index (χ4n) is 2.98. The number of hydrogen-bond acceptors (Lipinski definition) is 5. The summed E-state index contributed by atoms with van der Waals surface area (Å²) in [4.78, 5) is 17.9. The molecular formula is C23H26N2O3S. The molecule has 1 heterocycles. The molecule has 3 rings (SSSR count). The van der Waals surface area contributed by atoms with E-state index in [4.69, 9.17) is 9.47 Å². The molecule has 0 bridgehead atoms. The average molecular weight is 411 g/mol. The summed E-state index contributed by atoms with van der Waals surface area (Å²) in [5, 5.41) is 3.53. The van der Waals surface area contributed by atoms with Crippen LogP contribution >= 0.6 is 11.3 Å². The summed E-state index contributed by atoms with van der Waals surface area (Å²) in [6, 6.07) is 13.9. The van der Waals surface area contributed by atoms with Crippen LogP contribution in [0.4, 0.5) is 5.13 Å². The second-order valence-electron chi connectivity index (χ2n) is 6.92. The third kappa shape index (κ3) is 5.57. The Morgan fingerprint density at radius 1 is 1.10 bits per heavy atom. The summed E-state index contributed by atoms with van der Waals surface area (Å²) >= 11 is 1.49. The minimum absolute atomic E-state index is 0.0521. The van der Waals surface area contributed by atoms with Gasteiger partial charge in [-0.25, -0.2) is 4.98 Å². The maximum Gasteiger partial charge on any atom is 0.226 e. The van der Waals surface area contributed by atoms with Crippen molar-refractivity contribution < 1.29 is 14.3 Å². The zero-order valence-corrected chi connectivity index (χ0v) is 18.1. The number of amides is 1. The van der Waals surface area contributed by atoms with Crippen molar-refractivity contribution in [2.45, 2.75) is 33.6 Å². The summed E-state index contributed by atoms with van der Waals surface area (Å²) < 4.78 is 11.0. The van der Waals surface area contributed by atoms with Gasteiger partial charge in [-0.05, 0) is 63.1 Å². The van der Waals surface area contributed by atoms with Gasteiger partial charge in [-0.15, -0.1) is 11.3 Å². The second kappa shape index (κ2) is 9.56. The van der Waals surface area contributed by atoms with E-state index in [0.717, 1.165) is 33.2 Å². The number of nitrogens with one attached hydrogen (secondary N) is 1. The van der Waals surface area contributed by atoms with Gasteiger partial charge in [-0.3, -0.25) is 4.79 Å². The van der Waals surface area contributed by atoms with Crippen LogP contribution in [0.3, 0.4) is 0 Å². The van der Waals surface area contributed by atoms with Gasteiger partial charge in [-0.2, -0.15) is 0 Å². The second-order valence-corrected chi connectivity index (χ2v) is 8.12. The van der Waals surface area contributed by atoms with Crippen molar-refractivity contribution >= 4 is 22.4 Å². The number of methoxy groups -OCH3 is 1. The molecule has 0 saturated carbocycles. The first kappa shape index (κ1) is 20.9. The summed E-state index contributed by atoms with van der Waals surface area (Å²) in [5.74, 6) is 1.62. The maximum absolute atomic E-state index is 12.2. The van der Waals surface area contributed by atoms with Crippen molar-refractivity contribution in [3.05, 3.63) is 58.5 Å². The number of thiazole rings is 1. The maximum atomic E-state index is 12.2. The van der Waals surface area contributed by atoms with Crippen molar-refractivity contribution in [3.8, 4) is 22.8 Å².